The lowest BCUT2D eigenvalue weighted by atomic mass is 10.2. The fourth-order valence-electron chi connectivity index (χ4n) is 3.87. The van der Waals surface area contributed by atoms with Crippen LogP contribution in [0.1, 0.15) is 56.6 Å². The molecule has 0 aliphatic carbocycles. The minimum Gasteiger partial charge on any atom is -0.444 e. The number of hydrogen-bond donors (Lipinski definition) is 3. The SMILES string of the molecule is CCCNC(=O)N(CCCN1CCOCC1)Cc1ccc(C(=O)Nc2cscc2NC(=O)OC(C)(C)C)nc1. The Morgan fingerprint density at radius 1 is 1.13 bits per heavy atom. The summed E-state index contributed by atoms with van der Waals surface area (Å²) in [6.45, 7) is 13.2. The molecule has 0 atom stereocenters. The summed E-state index contributed by atoms with van der Waals surface area (Å²) in [7, 11) is 0. The van der Waals surface area contributed by atoms with Crippen LogP contribution in [0.3, 0.4) is 0 Å². The number of hydrogen-bond acceptors (Lipinski definition) is 8. The predicted octanol–water partition coefficient (Wildman–Crippen LogP) is 4.39. The zero-order valence-electron chi connectivity index (χ0n) is 23.2. The standard InChI is InChI=1S/C27H40N6O5S/c1-5-9-28-25(35)33(11-6-10-32-12-14-37-15-13-32)17-20-7-8-21(29-16-20)24(34)30-22-18-39-19-23(22)31-26(36)38-27(2,3)4/h7-8,16,18-19H,5-6,9-15,17H2,1-4H3,(H,28,35)(H,30,34)(H,31,36). The second-order valence-electron chi connectivity index (χ2n) is 10.3. The van der Waals surface area contributed by atoms with Crippen LogP contribution in [-0.4, -0.2) is 84.4 Å². The Hall–Kier alpha value is -3.22. The van der Waals surface area contributed by atoms with Gasteiger partial charge in [-0.15, -0.1) is 11.3 Å². The first-order valence-corrected chi connectivity index (χ1v) is 14.2. The fourth-order valence-corrected chi connectivity index (χ4v) is 4.58. The predicted molar refractivity (Wildman–Crippen MR) is 152 cm³/mol. The number of anilines is 2. The van der Waals surface area contributed by atoms with Gasteiger partial charge < -0.3 is 25.0 Å². The van der Waals surface area contributed by atoms with Crippen molar-refractivity contribution in [2.45, 2.75) is 52.7 Å². The summed E-state index contributed by atoms with van der Waals surface area (Å²) in [5.41, 5.74) is 1.32. The molecule has 0 radical (unpaired) electrons. The number of aromatic nitrogens is 1. The molecule has 1 aliphatic rings. The molecule has 11 nitrogen and oxygen atoms in total. The van der Waals surface area contributed by atoms with Crippen molar-refractivity contribution in [3.8, 4) is 0 Å². The fraction of sp³-hybridized carbons (Fsp3) is 0.556. The molecular weight excluding hydrogens is 520 g/mol. The maximum atomic E-state index is 12.8. The molecule has 3 rings (SSSR count). The van der Waals surface area contributed by atoms with E-state index in [2.05, 4.69) is 25.8 Å². The first-order valence-electron chi connectivity index (χ1n) is 13.3. The first-order chi connectivity index (χ1) is 18.6. The van der Waals surface area contributed by atoms with Crippen molar-refractivity contribution < 1.29 is 23.9 Å². The topological polar surface area (TPSA) is 125 Å². The summed E-state index contributed by atoms with van der Waals surface area (Å²) in [6, 6.07) is 3.33. The van der Waals surface area contributed by atoms with Gasteiger partial charge in [-0.1, -0.05) is 13.0 Å². The summed E-state index contributed by atoms with van der Waals surface area (Å²) in [5.74, 6) is -0.407. The Labute approximate surface area is 234 Å². The molecule has 1 aliphatic heterocycles. The van der Waals surface area contributed by atoms with Crippen LogP contribution in [0.25, 0.3) is 0 Å². The van der Waals surface area contributed by atoms with Crippen LogP contribution in [0, 0.1) is 0 Å². The molecule has 0 spiro atoms. The van der Waals surface area contributed by atoms with Crippen LogP contribution in [0.5, 0.6) is 0 Å². The van der Waals surface area contributed by atoms with Crippen LogP contribution >= 0.6 is 11.3 Å². The minimum atomic E-state index is -0.635. The summed E-state index contributed by atoms with van der Waals surface area (Å²) in [5, 5.41) is 11.8. The van der Waals surface area contributed by atoms with Gasteiger partial charge in [-0.25, -0.2) is 9.59 Å². The van der Waals surface area contributed by atoms with E-state index in [1.165, 1.54) is 11.3 Å². The number of nitrogens with one attached hydrogen (secondary N) is 3. The van der Waals surface area contributed by atoms with Crippen LogP contribution < -0.4 is 16.0 Å². The summed E-state index contributed by atoms with van der Waals surface area (Å²) >= 11 is 1.34. The minimum absolute atomic E-state index is 0.108. The molecule has 2 aromatic heterocycles. The number of thiophene rings is 1. The zero-order valence-corrected chi connectivity index (χ0v) is 24.1. The highest BCUT2D eigenvalue weighted by Crippen LogP contribution is 2.27. The highest BCUT2D eigenvalue weighted by atomic mass is 32.1. The lowest BCUT2D eigenvalue weighted by Gasteiger charge is -2.28. The third-order valence-corrected chi connectivity index (χ3v) is 6.54. The van der Waals surface area contributed by atoms with Crippen LogP contribution in [0.15, 0.2) is 29.1 Å². The highest BCUT2D eigenvalue weighted by molar-refractivity contribution is 7.09. The normalized spacial score (nSPS) is 13.9. The average molecular weight is 561 g/mol. The maximum Gasteiger partial charge on any atom is 0.412 e. The van der Waals surface area contributed by atoms with E-state index in [1.807, 2.05) is 6.92 Å². The van der Waals surface area contributed by atoms with Crippen LogP contribution in [-0.2, 0) is 16.0 Å². The Morgan fingerprint density at radius 2 is 1.85 bits per heavy atom. The van der Waals surface area contributed by atoms with Crippen molar-refractivity contribution in [2.75, 3.05) is 56.6 Å². The van der Waals surface area contributed by atoms with E-state index in [0.29, 0.717) is 31.0 Å². The van der Waals surface area contributed by atoms with Crippen molar-refractivity contribution in [2.24, 2.45) is 0 Å². The van der Waals surface area contributed by atoms with Crippen molar-refractivity contribution in [1.29, 1.82) is 0 Å². The molecule has 39 heavy (non-hydrogen) atoms. The number of carbonyl (C=O) groups excluding carboxylic acids is 3. The maximum absolute atomic E-state index is 12.8. The molecule has 3 heterocycles. The van der Waals surface area contributed by atoms with E-state index in [9.17, 15) is 14.4 Å². The van der Waals surface area contributed by atoms with Crippen LogP contribution in [0.4, 0.5) is 21.0 Å². The number of morpholine rings is 1. The van der Waals surface area contributed by atoms with Crippen molar-refractivity contribution in [3.63, 3.8) is 0 Å². The van der Waals surface area contributed by atoms with Gasteiger partial charge in [0.15, 0.2) is 0 Å². The van der Waals surface area contributed by atoms with Crippen LogP contribution in [0.2, 0.25) is 0 Å². The van der Waals surface area contributed by atoms with Gasteiger partial charge in [-0.05, 0) is 45.2 Å². The number of urea groups is 1. The molecular formula is C27H40N6O5S. The van der Waals surface area contributed by atoms with Gasteiger partial charge in [-0.3, -0.25) is 20.0 Å². The lowest BCUT2D eigenvalue weighted by molar-refractivity contribution is 0.0364. The zero-order chi connectivity index (χ0) is 28.3. The largest absolute Gasteiger partial charge is 0.444 e. The Kier molecular flexibility index (Phi) is 11.5. The van der Waals surface area contributed by atoms with E-state index < -0.39 is 17.6 Å². The molecule has 4 amide bonds. The Bertz CT molecular complexity index is 1080. The van der Waals surface area contributed by atoms with Gasteiger partial charge in [0.05, 0.1) is 24.6 Å². The molecule has 1 saturated heterocycles. The molecule has 2 aromatic rings. The summed E-state index contributed by atoms with van der Waals surface area (Å²) in [4.78, 5) is 46.2. The Balaban J connectivity index is 1.57. The molecule has 0 saturated carbocycles. The molecule has 214 valence electrons. The third kappa shape index (κ3) is 10.5. The molecule has 0 aromatic carbocycles. The quantitative estimate of drug-likeness (QED) is 0.372. The van der Waals surface area contributed by atoms with Crippen molar-refractivity contribution in [3.05, 3.63) is 40.3 Å². The van der Waals surface area contributed by atoms with E-state index in [4.69, 9.17) is 9.47 Å². The average Bonchev–Trinajstić information content (AvgIpc) is 3.32. The van der Waals surface area contributed by atoms with Crippen molar-refractivity contribution >= 4 is 40.7 Å². The number of carbonyl (C=O) groups is 3. The monoisotopic (exact) mass is 560 g/mol. The highest BCUT2D eigenvalue weighted by Gasteiger charge is 2.19. The molecule has 0 bridgehead atoms. The second-order valence-corrected chi connectivity index (χ2v) is 11.0. The van der Waals surface area contributed by atoms with Gasteiger partial charge in [-0.2, -0.15) is 0 Å². The number of rotatable bonds is 11. The smallest absolute Gasteiger partial charge is 0.412 e. The van der Waals surface area contributed by atoms with E-state index in [1.54, 1.807) is 54.8 Å². The number of pyridine rings is 1. The third-order valence-electron chi connectivity index (χ3n) is 5.80. The summed E-state index contributed by atoms with van der Waals surface area (Å²) < 4.78 is 10.7. The van der Waals surface area contributed by atoms with Gasteiger partial charge in [0.2, 0.25) is 0 Å². The van der Waals surface area contributed by atoms with Gasteiger partial charge >= 0.3 is 12.1 Å². The number of nitrogens with zero attached hydrogens (tertiary/aromatic N) is 3. The van der Waals surface area contributed by atoms with E-state index in [-0.39, 0.29) is 11.7 Å². The molecule has 3 N–H and O–H groups in total. The van der Waals surface area contributed by atoms with Gasteiger partial charge in [0.1, 0.15) is 11.3 Å². The Morgan fingerprint density at radius 3 is 2.49 bits per heavy atom. The molecule has 12 heteroatoms. The number of ether oxygens (including phenoxy) is 2. The summed E-state index contributed by atoms with van der Waals surface area (Å²) in [6.07, 6.45) is 2.73. The van der Waals surface area contributed by atoms with E-state index >= 15 is 0 Å². The molecule has 0 unspecified atom stereocenters. The first kappa shape index (κ1) is 30.3. The lowest BCUT2D eigenvalue weighted by Crippen LogP contribution is -2.42. The van der Waals surface area contributed by atoms with E-state index in [0.717, 1.165) is 51.3 Å². The van der Waals surface area contributed by atoms with Gasteiger partial charge in [0.25, 0.3) is 5.91 Å². The molecule has 1 fully saturated rings. The van der Waals surface area contributed by atoms with Gasteiger partial charge in [0, 0.05) is 56.2 Å². The number of amides is 4. The van der Waals surface area contributed by atoms with Crippen molar-refractivity contribution in [1.82, 2.24) is 20.1 Å². The second kappa shape index (κ2) is 14.8.